The largest absolute Gasteiger partial charge is 0.465 e. The van der Waals surface area contributed by atoms with Crippen LogP contribution in [0.25, 0.3) is 11.2 Å². The van der Waals surface area contributed by atoms with Crippen LogP contribution in [-0.4, -0.2) is 93.5 Å². The Kier molecular flexibility index (Phi) is 15.8. The topological polar surface area (TPSA) is 288 Å². The second-order valence-corrected chi connectivity index (χ2v) is 15.6. The number of hydrogen-bond donors (Lipinski definition) is 7. The maximum Gasteiger partial charge on any atom is 0.408 e. The molecule has 0 fully saturated rings. The number of rotatable bonds is 18. The Balaban J connectivity index is 1.26. The molecule has 0 bridgehead atoms. The number of benzene rings is 2. The molecule has 0 saturated carbocycles. The molecule has 5 amide bonds. The van der Waals surface area contributed by atoms with Crippen molar-refractivity contribution < 1.29 is 38.2 Å². The Labute approximate surface area is 353 Å². The number of anilines is 5. The molecule has 0 unspecified atom stereocenters. The van der Waals surface area contributed by atoms with E-state index in [1.165, 1.54) is 25.1 Å². The van der Waals surface area contributed by atoms with Gasteiger partial charge in [0, 0.05) is 29.5 Å². The Hall–Kier alpha value is -7.12. The van der Waals surface area contributed by atoms with E-state index in [4.69, 9.17) is 20.9 Å². The number of alkyl carbamates (subject to hydrolysis) is 1. The van der Waals surface area contributed by atoms with Crippen LogP contribution in [0.15, 0.2) is 48.7 Å². The minimum atomic E-state index is -1.03. The van der Waals surface area contributed by atoms with Gasteiger partial charge in [-0.15, -0.1) is 0 Å². The van der Waals surface area contributed by atoms with Crippen LogP contribution in [0.2, 0.25) is 0 Å². The van der Waals surface area contributed by atoms with Gasteiger partial charge in [-0.2, -0.15) is 9.97 Å². The molecule has 0 aliphatic rings. The van der Waals surface area contributed by atoms with Crippen LogP contribution in [0.3, 0.4) is 0 Å². The summed E-state index contributed by atoms with van der Waals surface area (Å²) in [6, 6.07) is 9.12. The van der Waals surface area contributed by atoms with Crippen LogP contribution in [0.5, 0.6) is 0 Å². The molecule has 326 valence electrons. The molecule has 4 aromatic rings. The highest BCUT2D eigenvalue weighted by Crippen LogP contribution is 2.23. The van der Waals surface area contributed by atoms with E-state index in [2.05, 4.69) is 46.5 Å². The summed E-state index contributed by atoms with van der Waals surface area (Å²) in [6.07, 6.45) is 2.63. The number of nitrogen functional groups attached to an aromatic ring is 2. The van der Waals surface area contributed by atoms with E-state index in [9.17, 15) is 28.8 Å². The summed E-state index contributed by atoms with van der Waals surface area (Å²) < 4.78 is 10.2. The average molecular weight is 843 g/mol. The number of carbonyl (C=O) groups is 6. The van der Waals surface area contributed by atoms with Crippen LogP contribution in [0.1, 0.15) is 87.7 Å². The quantitative estimate of drug-likeness (QED) is 0.0428. The lowest BCUT2D eigenvalue weighted by atomic mass is 10.0. The fourth-order valence-corrected chi connectivity index (χ4v) is 5.87. The zero-order valence-corrected chi connectivity index (χ0v) is 35.5. The van der Waals surface area contributed by atoms with E-state index in [1.54, 1.807) is 77.1 Å². The second kappa shape index (κ2) is 20.7. The number of esters is 1. The highest BCUT2D eigenvalue weighted by Gasteiger charge is 2.29. The number of nitrogens with zero attached hydrogens (tertiary/aromatic N) is 5. The number of carbonyl (C=O) groups excluding carboxylic acids is 6. The molecule has 20 heteroatoms. The second-order valence-electron chi connectivity index (χ2n) is 15.6. The summed E-state index contributed by atoms with van der Waals surface area (Å²) in [4.78, 5) is 94.2. The van der Waals surface area contributed by atoms with Crippen LogP contribution in [0.4, 0.5) is 33.6 Å². The van der Waals surface area contributed by atoms with Crippen LogP contribution in [-0.2, 0) is 30.4 Å². The highest BCUT2D eigenvalue weighted by atomic mass is 16.6. The van der Waals surface area contributed by atoms with Crippen LogP contribution in [0, 0.1) is 5.92 Å². The standard InChI is InChI=1S/C41H54N12O8/c1-22(2)31(50-40(59)61-41(5,6)7)37(57)47-24(4)35(55)49-30-16-13-26(18-29(30)38(58)60-8)44-17-9-10-23(3)46-36(56)25-11-14-28(15-12-25)53(21-54)20-27-19-45-34-32(48-27)33(42)51-39(43)52-34/h11-16,18-19,21-24,31,44H,9-10,17,20H2,1-8H3,(H,46,56)(H,47,57)(H,49,55)(H,50,59)(H4,42,43,45,51,52)/t23-,24+,31+/m1/s1. The summed E-state index contributed by atoms with van der Waals surface area (Å²) in [5.74, 6) is -2.42. The molecule has 61 heavy (non-hydrogen) atoms. The van der Waals surface area contributed by atoms with Gasteiger partial charge < -0.3 is 52.4 Å². The molecule has 2 heterocycles. The molecular formula is C41H54N12O8. The minimum absolute atomic E-state index is 0.0227. The van der Waals surface area contributed by atoms with Crippen LogP contribution >= 0.6 is 0 Å². The van der Waals surface area contributed by atoms with Crippen molar-refractivity contribution in [2.45, 2.75) is 91.6 Å². The number of methoxy groups -OCH3 is 1. The summed E-state index contributed by atoms with van der Waals surface area (Å²) in [5, 5.41) is 14.1. The van der Waals surface area contributed by atoms with Crippen LogP contribution < -0.4 is 43.0 Å². The van der Waals surface area contributed by atoms with E-state index in [0.29, 0.717) is 48.4 Å². The van der Waals surface area contributed by atoms with Gasteiger partial charge in [-0.1, -0.05) is 13.8 Å². The first kappa shape index (κ1) is 46.6. The van der Waals surface area contributed by atoms with Gasteiger partial charge in [0.2, 0.25) is 24.2 Å². The molecule has 0 radical (unpaired) electrons. The molecule has 2 aromatic heterocycles. The van der Waals surface area contributed by atoms with Crippen molar-refractivity contribution in [1.29, 1.82) is 0 Å². The molecule has 3 atom stereocenters. The summed E-state index contributed by atoms with van der Waals surface area (Å²) >= 11 is 0. The van der Waals surface area contributed by atoms with E-state index in [0.717, 1.165) is 0 Å². The Bertz CT molecular complexity index is 2230. The summed E-state index contributed by atoms with van der Waals surface area (Å²) in [5.41, 5.74) is 13.5. The van der Waals surface area contributed by atoms with Gasteiger partial charge in [0.25, 0.3) is 5.91 Å². The van der Waals surface area contributed by atoms with Crippen molar-refractivity contribution in [3.63, 3.8) is 0 Å². The normalized spacial score (nSPS) is 12.7. The Morgan fingerprint density at radius 2 is 1.61 bits per heavy atom. The van der Waals surface area contributed by atoms with Gasteiger partial charge in [-0.05, 0) is 95.8 Å². The predicted molar refractivity (Wildman–Crippen MR) is 229 cm³/mol. The van der Waals surface area contributed by atoms with Gasteiger partial charge in [-0.3, -0.25) is 19.2 Å². The lowest BCUT2D eigenvalue weighted by molar-refractivity contribution is -0.128. The molecule has 0 aliphatic heterocycles. The maximum atomic E-state index is 13.1. The van der Waals surface area contributed by atoms with Gasteiger partial charge >= 0.3 is 12.1 Å². The summed E-state index contributed by atoms with van der Waals surface area (Å²) in [6.45, 7) is 12.5. The molecule has 20 nitrogen and oxygen atoms in total. The third kappa shape index (κ3) is 13.5. The van der Waals surface area contributed by atoms with Gasteiger partial charge in [0.15, 0.2) is 17.0 Å². The SMILES string of the molecule is COC(=O)c1cc(NCCC[C@@H](C)NC(=O)c2ccc(N(C=O)Cc3cnc4nc(N)nc(N)c4n3)cc2)ccc1NC(=O)[C@H](C)NC(=O)[C@@H](NC(=O)OC(C)(C)C)C(C)C. The number of nitrogens with two attached hydrogens (primary N) is 2. The molecular weight excluding hydrogens is 789 g/mol. The van der Waals surface area contributed by atoms with Crippen molar-refractivity contribution in [1.82, 2.24) is 35.9 Å². The molecule has 4 rings (SSSR count). The van der Waals surface area contributed by atoms with Gasteiger partial charge in [0.1, 0.15) is 17.7 Å². The molecule has 0 spiro atoms. The zero-order valence-electron chi connectivity index (χ0n) is 35.5. The van der Waals surface area contributed by atoms with Crippen molar-refractivity contribution in [2.24, 2.45) is 5.92 Å². The fourth-order valence-electron chi connectivity index (χ4n) is 5.87. The lowest BCUT2D eigenvalue weighted by Gasteiger charge is -2.26. The fraction of sp³-hybridized carbons (Fsp3) is 0.415. The van der Waals surface area contributed by atoms with E-state index < -0.39 is 41.6 Å². The number of amides is 5. The van der Waals surface area contributed by atoms with Crippen molar-refractivity contribution in [3.8, 4) is 0 Å². The minimum Gasteiger partial charge on any atom is -0.465 e. The maximum absolute atomic E-state index is 13.1. The third-order valence-electron chi connectivity index (χ3n) is 9.00. The number of fused-ring (bicyclic) bond motifs is 1. The number of ether oxygens (including phenoxy) is 2. The smallest absolute Gasteiger partial charge is 0.408 e. The number of hydrogen-bond acceptors (Lipinski definition) is 15. The molecule has 2 aromatic carbocycles. The van der Waals surface area contributed by atoms with Gasteiger partial charge in [-0.25, -0.2) is 19.6 Å². The van der Waals surface area contributed by atoms with Crippen molar-refractivity contribution >= 4 is 76.2 Å². The first-order chi connectivity index (χ1) is 28.8. The Morgan fingerprint density at radius 1 is 0.902 bits per heavy atom. The monoisotopic (exact) mass is 842 g/mol. The highest BCUT2D eigenvalue weighted by molar-refractivity contribution is 6.04. The number of nitrogens with one attached hydrogen (secondary N) is 5. The third-order valence-corrected chi connectivity index (χ3v) is 9.00. The molecule has 9 N–H and O–H groups in total. The average Bonchev–Trinajstić information content (AvgIpc) is 3.20. The van der Waals surface area contributed by atoms with E-state index in [1.807, 2.05) is 6.92 Å². The van der Waals surface area contributed by atoms with Gasteiger partial charge in [0.05, 0.1) is 36.8 Å². The zero-order chi connectivity index (χ0) is 45.0. The molecule has 0 aliphatic carbocycles. The van der Waals surface area contributed by atoms with E-state index >= 15 is 0 Å². The van der Waals surface area contributed by atoms with E-state index in [-0.39, 0.29) is 58.6 Å². The predicted octanol–water partition coefficient (Wildman–Crippen LogP) is 3.54. The summed E-state index contributed by atoms with van der Waals surface area (Å²) in [7, 11) is 1.22. The van der Waals surface area contributed by atoms with Crippen molar-refractivity contribution in [2.75, 3.05) is 40.7 Å². The molecule has 0 saturated heterocycles. The first-order valence-corrected chi connectivity index (χ1v) is 19.5. The number of aromatic nitrogens is 4. The van der Waals surface area contributed by atoms with Crippen molar-refractivity contribution in [3.05, 3.63) is 65.5 Å². The first-order valence-electron chi connectivity index (χ1n) is 19.5. The lowest BCUT2D eigenvalue weighted by Crippen LogP contribution is -2.54. The Morgan fingerprint density at radius 3 is 2.25 bits per heavy atom.